The topological polar surface area (TPSA) is 41.1 Å². The lowest BCUT2D eigenvalue weighted by atomic mass is 10.2. The van der Waals surface area contributed by atoms with Crippen LogP contribution in [0, 0.1) is 0 Å². The van der Waals surface area contributed by atoms with Crippen molar-refractivity contribution in [3.8, 4) is 0 Å². The van der Waals surface area contributed by atoms with Crippen molar-refractivity contribution >= 4 is 5.91 Å². The summed E-state index contributed by atoms with van der Waals surface area (Å²) in [4.78, 5) is 11.0. The second-order valence-electron chi connectivity index (χ2n) is 3.22. The van der Waals surface area contributed by atoms with Gasteiger partial charge in [0.2, 0.25) is 5.91 Å². The molecule has 1 aliphatic rings. The molecular weight excluding hydrogens is 128 g/mol. The van der Waals surface area contributed by atoms with E-state index in [1.807, 2.05) is 20.8 Å². The smallest absolute Gasteiger partial charge is 0.238 e. The number of rotatable bonds is 1. The molecule has 1 unspecified atom stereocenters. The van der Waals surface area contributed by atoms with Gasteiger partial charge in [-0.2, -0.15) is 0 Å². The molecule has 0 aromatic rings. The summed E-state index contributed by atoms with van der Waals surface area (Å²) in [7, 11) is 0. The number of carbonyl (C=O) groups is 1. The number of carbonyl (C=O) groups excluding carboxylic acids is 1. The van der Waals surface area contributed by atoms with Gasteiger partial charge in [-0.05, 0) is 20.3 Å². The summed E-state index contributed by atoms with van der Waals surface area (Å²) in [6.07, 6.45) is 0.856. The number of amides is 1. The van der Waals surface area contributed by atoms with Crippen molar-refractivity contribution in [2.24, 2.45) is 0 Å². The molecule has 1 rings (SSSR count). The van der Waals surface area contributed by atoms with E-state index in [1.54, 1.807) is 0 Å². The van der Waals surface area contributed by atoms with E-state index in [2.05, 4.69) is 10.6 Å². The fourth-order valence-electron chi connectivity index (χ4n) is 1.22. The molecule has 0 bridgehead atoms. The van der Waals surface area contributed by atoms with E-state index in [0.29, 0.717) is 0 Å². The second-order valence-corrected chi connectivity index (χ2v) is 3.22. The highest BCUT2D eigenvalue weighted by molar-refractivity contribution is 5.84. The van der Waals surface area contributed by atoms with E-state index in [9.17, 15) is 4.79 Å². The summed E-state index contributed by atoms with van der Waals surface area (Å²) in [5.41, 5.74) is -0.211. The minimum atomic E-state index is -0.211. The Morgan fingerprint density at radius 2 is 2.20 bits per heavy atom. The molecule has 0 aromatic carbocycles. The molecule has 0 aromatic heterocycles. The third-order valence-corrected chi connectivity index (χ3v) is 1.70. The van der Waals surface area contributed by atoms with Crippen molar-refractivity contribution in [2.45, 2.75) is 38.9 Å². The van der Waals surface area contributed by atoms with Gasteiger partial charge in [-0.1, -0.05) is 6.92 Å². The molecule has 10 heavy (non-hydrogen) atoms. The van der Waals surface area contributed by atoms with Crippen LogP contribution in [0.25, 0.3) is 0 Å². The average molecular weight is 142 g/mol. The molecule has 3 heteroatoms. The van der Waals surface area contributed by atoms with Crippen molar-refractivity contribution in [3.05, 3.63) is 0 Å². The van der Waals surface area contributed by atoms with Gasteiger partial charge >= 0.3 is 0 Å². The highest BCUT2D eigenvalue weighted by atomic mass is 16.2. The van der Waals surface area contributed by atoms with Gasteiger partial charge in [0, 0.05) is 0 Å². The Hall–Kier alpha value is -0.570. The number of hydrogen-bond acceptors (Lipinski definition) is 2. The first-order valence-electron chi connectivity index (χ1n) is 3.65. The highest BCUT2D eigenvalue weighted by Crippen LogP contribution is 2.09. The van der Waals surface area contributed by atoms with Crippen molar-refractivity contribution in [3.63, 3.8) is 0 Å². The molecule has 1 saturated heterocycles. The number of nitrogens with one attached hydrogen (secondary N) is 2. The molecule has 1 amide bonds. The van der Waals surface area contributed by atoms with Gasteiger partial charge < -0.3 is 5.32 Å². The lowest BCUT2D eigenvalue weighted by Crippen LogP contribution is -2.43. The summed E-state index contributed by atoms with van der Waals surface area (Å²) < 4.78 is 0. The Bertz CT molecular complexity index is 154. The van der Waals surface area contributed by atoms with Gasteiger partial charge in [-0.25, -0.2) is 0 Å². The van der Waals surface area contributed by atoms with Crippen molar-refractivity contribution in [1.82, 2.24) is 10.6 Å². The second kappa shape index (κ2) is 2.23. The molecule has 58 valence electrons. The molecule has 1 fully saturated rings. The summed E-state index contributed by atoms with van der Waals surface area (Å²) in [5.74, 6) is 0.118. The third kappa shape index (κ3) is 1.29. The summed E-state index contributed by atoms with van der Waals surface area (Å²) in [6, 6.07) is 0.00926. The van der Waals surface area contributed by atoms with Gasteiger partial charge in [0.1, 0.15) is 0 Å². The molecule has 0 radical (unpaired) electrons. The van der Waals surface area contributed by atoms with Crippen LogP contribution < -0.4 is 10.6 Å². The van der Waals surface area contributed by atoms with Crippen LogP contribution in [0.3, 0.4) is 0 Å². The van der Waals surface area contributed by atoms with Crippen LogP contribution in [0.4, 0.5) is 0 Å². The summed E-state index contributed by atoms with van der Waals surface area (Å²) >= 11 is 0. The minimum absolute atomic E-state index is 0.00926. The van der Waals surface area contributed by atoms with Crippen molar-refractivity contribution in [2.75, 3.05) is 0 Å². The van der Waals surface area contributed by atoms with Gasteiger partial charge in [0.05, 0.1) is 11.7 Å². The maximum absolute atomic E-state index is 11.0. The maximum Gasteiger partial charge on any atom is 0.238 e. The van der Waals surface area contributed by atoms with E-state index in [1.165, 1.54) is 0 Å². The van der Waals surface area contributed by atoms with Gasteiger partial charge in [-0.15, -0.1) is 0 Å². The Balaban J connectivity index is 2.61. The highest BCUT2D eigenvalue weighted by Gasteiger charge is 2.34. The SMILES string of the molecule is CCC1NC(C)(C)NC1=O. The first-order chi connectivity index (χ1) is 4.55. The summed E-state index contributed by atoms with van der Waals surface area (Å²) in [6.45, 7) is 5.92. The Kier molecular flexibility index (Phi) is 1.68. The van der Waals surface area contributed by atoms with E-state index in [4.69, 9.17) is 0 Å². The molecule has 0 spiro atoms. The first-order valence-corrected chi connectivity index (χ1v) is 3.65. The van der Waals surface area contributed by atoms with Crippen LogP contribution in [0.15, 0.2) is 0 Å². The Morgan fingerprint density at radius 1 is 1.60 bits per heavy atom. The molecule has 0 aliphatic carbocycles. The molecule has 3 nitrogen and oxygen atoms in total. The largest absolute Gasteiger partial charge is 0.337 e. The maximum atomic E-state index is 11.0. The molecule has 1 aliphatic heterocycles. The fourth-order valence-corrected chi connectivity index (χ4v) is 1.22. The minimum Gasteiger partial charge on any atom is -0.337 e. The van der Waals surface area contributed by atoms with Crippen LogP contribution in [-0.4, -0.2) is 17.6 Å². The van der Waals surface area contributed by atoms with Gasteiger partial charge in [0.15, 0.2) is 0 Å². The Labute approximate surface area is 61.2 Å². The van der Waals surface area contributed by atoms with Gasteiger partial charge in [-0.3, -0.25) is 10.1 Å². The summed E-state index contributed by atoms with van der Waals surface area (Å²) in [5, 5.41) is 6.01. The van der Waals surface area contributed by atoms with E-state index < -0.39 is 0 Å². The van der Waals surface area contributed by atoms with Crippen LogP contribution >= 0.6 is 0 Å². The normalized spacial score (nSPS) is 30.3. The van der Waals surface area contributed by atoms with E-state index >= 15 is 0 Å². The predicted molar refractivity (Wildman–Crippen MR) is 39.4 cm³/mol. The number of hydrogen-bond donors (Lipinski definition) is 2. The zero-order chi connectivity index (χ0) is 7.78. The van der Waals surface area contributed by atoms with Crippen molar-refractivity contribution < 1.29 is 4.79 Å². The lowest BCUT2D eigenvalue weighted by Gasteiger charge is -2.17. The molecular formula is C7H14N2O. The predicted octanol–water partition coefficient (Wildman–Crippen LogP) is 0.220. The van der Waals surface area contributed by atoms with Crippen LogP contribution in [0.5, 0.6) is 0 Å². The lowest BCUT2D eigenvalue weighted by molar-refractivity contribution is -0.120. The molecule has 0 saturated carbocycles. The van der Waals surface area contributed by atoms with Gasteiger partial charge in [0.25, 0.3) is 0 Å². The zero-order valence-corrected chi connectivity index (χ0v) is 6.69. The van der Waals surface area contributed by atoms with E-state index in [0.717, 1.165) is 6.42 Å². The average Bonchev–Trinajstić information content (AvgIpc) is 2.05. The fraction of sp³-hybridized carbons (Fsp3) is 0.857. The van der Waals surface area contributed by atoms with Crippen LogP contribution in [-0.2, 0) is 4.79 Å². The van der Waals surface area contributed by atoms with Crippen LogP contribution in [0.1, 0.15) is 27.2 Å². The molecule has 1 heterocycles. The first kappa shape index (κ1) is 7.54. The zero-order valence-electron chi connectivity index (χ0n) is 6.69. The Morgan fingerprint density at radius 3 is 2.40 bits per heavy atom. The standard InChI is InChI=1S/C7H14N2O/c1-4-5-6(10)9-7(2,3)8-5/h5,8H,4H2,1-3H3,(H,9,10). The quantitative estimate of drug-likeness (QED) is 0.550. The van der Waals surface area contributed by atoms with E-state index in [-0.39, 0.29) is 17.6 Å². The molecule has 1 atom stereocenters. The van der Waals surface area contributed by atoms with Crippen LogP contribution in [0.2, 0.25) is 0 Å². The third-order valence-electron chi connectivity index (χ3n) is 1.70. The molecule has 2 N–H and O–H groups in total. The monoisotopic (exact) mass is 142 g/mol. The van der Waals surface area contributed by atoms with Crippen molar-refractivity contribution in [1.29, 1.82) is 0 Å².